The Bertz CT molecular complexity index is 1200. The summed E-state index contributed by atoms with van der Waals surface area (Å²) < 4.78 is 9.68. The molecule has 2 aliphatic rings. The molecule has 4 nitrogen and oxygen atoms in total. The van der Waals surface area contributed by atoms with Crippen molar-refractivity contribution in [2.45, 2.75) is 25.1 Å². The highest BCUT2D eigenvalue weighted by atomic mass is 79.9. The largest absolute Gasteiger partial charge is 0.466 e. The van der Waals surface area contributed by atoms with E-state index in [-0.39, 0.29) is 11.6 Å². The molecule has 26 heavy (non-hydrogen) atoms. The molecule has 0 fully saturated rings. The number of ether oxygens (including phenoxy) is 1. The van der Waals surface area contributed by atoms with Crippen molar-refractivity contribution >= 4 is 33.3 Å². The Labute approximate surface area is 162 Å². The Morgan fingerprint density at radius 3 is 2.85 bits per heavy atom. The average molecular weight is 427 g/mol. The number of para-hydroxylation sites is 1. The number of hydrogen-bond donors (Lipinski definition) is 0. The van der Waals surface area contributed by atoms with Gasteiger partial charge >= 0.3 is 0 Å². The molecule has 2 bridgehead atoms. The number of nitrogens with zero attached hydrogens (tertiary/aromatic N) is 2. The molecule has 3 aromatic rings. The van der Waals surface area contributed by atoms with Crippen LogP contribution in [0.15, 0.2) is 62.8 Å². The second-order valence-corrected chi connectivity index (χ2v) is 8.69. The van der Waals surface area contributed by atoms with Crippen LogP contribution in [0, 0.1) is 0 Å². The molecule has 0 saturated heterocycles. The molecule has 0 amide bonds. The minimum atomic E-state index is -0.620. The lowest BCUT2D eigenvalue weighted by atomic mass is 9.93. The zero-order valence-corrected chi connectivity index (χ0v) is 16.4. The van der Waals surface area contributed by atoms with Crippen LogP contribution in [-0.2, 0) is 0 Å². The molecular formula is C20H15BrN2O2S. The highest BCUT2D eigenvalue weighted by Crippen LogP contribution is 2.42. The van der Waals surface area contributed by atoms with E-state index in [1.807, 2.05) is 66.1 Å². The van der Waals surface area contributed by atoms with Crippen LogP contribution in [-0.4, -0.2) is 10.3 Å². The topological polar surface area (TPSA) is 43.6 Å². The van der Waals surface area contributed by atoms with Crippen molar-refractivity contribution in [1.82, 2.24) is 4.57 Å². The Morgan fingerprint density at radius 1 is 1.27 bits per heavy atom. The van der Waals surface area contributed by atoms with Gasteiger partial charge in [0, 0.05) is 16.5 Å². The normalized spacial score (nSPS) is 23.6. The third-order valence-electron chi connectivity index (χ3n) is 4.83. The van der Waals surface area contributed by atoms with Gasteiger partial charge in [-0.25, -0.2) is 4.99 Å². The summed E-state index contributed by atoms with van der Waals surface area (Å²) in [6.07, 6.45) is 2.60. The van der Waals surface area contributed by atoms with Crippen molar-refractivity contribution in [3.05, 3.63) is 83.8 Å². The van der Waals surface area contributed by atoms with Crippen LogP contribution in [0.4, 0.5) is 0 Å². The summed E-state index contributed by atoms with van der Waals surface area (Å²) in [5.41, 5.74) is 1.44. The summed E-state index contributed by atoms with van der Waals surface area (Å²) in [5.74, 6) is 0.817. The van der Waals surface area contributed by atoms with E-state index >= 15 is 0 Å². The van der Waals surface area contributed by atoms with Crippen LogP contribution >= 0.6 is 27.3 Å². The Kier molecular flexibility index (Phi) is 3.49. The molecule has 2 aromatic carbocycles. The van der Waals surface area contributed by atoms with Crippen LogP contribution in [0.5, 0.6) is 5.75 Å². The van der Waals surface area contributed by atoms with Gasteiger partial charge in [0.2, 0.25) is 5.72 Å². The monoisotopic (exact) mass is 426 g/mol. The van der Waals surface area contributed by atoms with Gasteiger partial charge in [0.05, 0.1) is 10.6 Å². The Hall–Kier alpha value is -2.18. The summed E-state index contributed by atoms with van der Waals surface area (Å²) in [6, 6.07) is 15.8. The summed E-state index contributed by atoms with van der Waals surface area (Å²) >= 11 is 4.87. The van der Waals surface area contributed by atoms with E-state index in [9.17, 15) is 4.79 Å². The van der Waals surface area contributed by atoms with E-state index in [0.29, 0.717) is 11.0 Å². The van der Waals surface area contributed by atoms with Gasteiger partial charge in [-0.3, -0.25) is 9.36 Å². The van der Waals surface area contributed by atoms with E-state index in [0.717, 1.165) is 26.2 Å². The molecule has 0 radical (unpaired) electrons. The molecule has 130 valence electrons. The molecule has 2 atom stereocenters. The summed E-state index contributed by atoms with van der Waals surface area (Å²) in [7, 11) is 0. The molecule has 6 heteroatoms. The number of thiazole rings is 1. The Morgan fingerprint density at radius 2 is 2.04 bits per heavy atom. The number of benzene rings is 2. The molecule has 2 unspecified atom stereocenters. The number of aromatic nitrogens is 1. The number of halogens is 1. The second kappa shape index (κ2) is 5.66. The minimum absolute atomic E-state index is 0.0143. The lowest BCUT2D eigenvalue weighted by molar-refractivity contribution is 0.0410. The van der Waals surface area contributed by atoms with Gasteiger partial charge in [-0.15, -0.1) is 0 Å². The van der Waals surface area contributed by atoms with E-state index < -0.39 is 5.72 Å². The van der Waals surface area contributed by atoms with E-state index in [1.165, 1.54) is 11.3 Å². The minimum Gasteiger partial charge on any atom is -0.466 e. The van der Waals surface area contributed by atoms with Crippen LogP contribution in [0.25, 0.3) is 6.08 Å². The van der Waals surface area contributed by atoms with Gasteiger partial charge in [0.15, 0.2) is 4.80 Å². The van der Waals surface area contributed by atoms with Crippen molar-refractivity contribution in [3.63, 3.8) is 0 Å². The molecule has 1 aromatic heterocycles. The molecule has 0 saturated carbocycles. The summed E-state index contributed by atoms with van der Waals surface area (Å²) in [6.45, 7) is 1.99. The SMILES string of the molecule is CC12CC(c3ccccc3O1)n1c(s/c(=C\c3ccc(Br)cc3)c1=O)=N2. The third kappa shape index (κ3) is 2.47. The van der Waals surface area contributed by atoms with Crippen molar-refractivity contribution in [1.29, 1.82) is 0 Å². The predicted octanol–water partition coefficient (Wildman–Crippen LogP) is 3.22. The number of rotatable bonds is 1. The number of hydrogen-bond acceptors (Lipinski definition) is 4. The van der Waals surface area contributed by atoms with Gasteiger partial charge in [-0.05, 0) is 36.8 Å². The first kappa shape index (κ1) is 16.0. The van der Waals surface area contributed by atoms with Crippen LogP contribution in [0.3, 0.4) is 0 Å². The van der Waals surface area contributed by atoms with Gasteiger partial charge in [0.25, 0.3) is 5.56 Å². The van der Waals surface area contributed by atoms with E-state index in [4.69, 9.17) is 9.73 Å². The van der Waals surface area contributed by atoms with Crippen molar-refractivity contribution in [2.24, 2.45) is 4.99 Å². The van der Waals surface area contributed by atoms with E-state index in [2.05, 4.69) is 15.9 Å². The van der Waals surface area contributed by atoms with Crippen LogP contribution in [0.2, 0.25) is 0 Å². The van der Waals surface area contributed by atoms with Crippen LogP contribution in [0.1, 0.15) is 30.5 Å². The first-order chi connectivity index (χ1) is 12.5. The first-order valence-corrected chi connectivity index (χ1v) is 10.00. The fourth-order valence-electron chi connectivity index (χ4n) is 3.65. The van der Waals surface area contributed by atoms with Gasteiger partial charge in [-0.1, -0.05) is 57.6 Å². The quantitative estimate of drug-likeness (QED) is 0.599. The van der Waals surface area contributed by atoms with Crippen molar-refractivity contribution < 1.29 is 4.74 Å². The first-order valence-electron chi connectivity index (χ1n) is 8.39. The molecule has 5 rings (SSSR count). The van der Waals surface area contributed by atoms with Crippen molar-refractivity contribution in [3.8, 4) is 5.75 Å². The molecule has 2 aliphatic heterocycles. The van der Waals surface area contributed by atoms with Gasteiger partial charge < -0.3 is 4.74 Å². The van der Waals surface area contributed by atoms with E-state index in [1.54, 1.807) is 0 Å². The lowest BCUT2D eigenvalue weighted by Crippen LogP contribution is -2.49. The zero-order valence-electron chi connectivity index (χ0n) is 14.0. The zero-order chi connectivity index (χ0) is 17.9. The number of fused-ring (bicyclic) bond motifs is 6. The predicted molar refractivity (Wildman–Crippen MR) is 105 cm³/mol. The fraction of sp³-hybridized carbons (Fsp3) is 0.200. The highest BCUT2D eigenvalue weighted by molar-refractivity contribution is 9.10. The van der Waals surface area contributed by atoms with Gasteiger partial charge in [0.1, 0.15) is 5.75 Å². The maximum Gasteiger partial charge on any atom is 0.270 e. The fourth-order valence-corrected chi connectivity index (χ4v) is 5.04. The van der Waals surface area contributed by atoms with Gasteiger partial charge in [-0.2, -0.15) is 0 Å². The second-order valence-electron chi connectivity index (χ2n) is 6.77. The third-order valence-corrected chi connectivity index (χ3v) is 6.34. The highest BCUT2D eigenvalue weighted by Gasteiger charge is 2.42. The maximum absolute atomic E-state index is 13.1. The average Bonchev–Trinajstić information content (AvgIpc) is 2.91. The summed E-state index contributed by atoms with van der Waals surface area (Å²) in [5, 5.41) is 0. The molecule has 3 heterocycles. The molecular weight excluding hydrogens is 412 g/mol. The Balaban J connectivity index is 1.74. The molecule has 0 aliphatic carbocycles. The standard InChI is InChI=1S/C20H15BrN2O2S/c1-20-11-15(14-4-2-3-5-16(14)25-20)23-18(24)17(26-19(23)22-20)10-12-6-8-13(21)9-7-12/h2-10,15H,11H2,1H3/b17-10-. The lowest BCUT2D eigenvalue weighted by Gasteiger charge is -2.39. The smallest absolute Gasteiger partial charge is 0.270 e. The maximum atomic E-state index is 13.1. The van der Waals surface area contributed by atoms with Crippen LogP contribution < -0.4 is 19.6 Å². The molecule has 0 N–H and O–H groups in total. The summed E-state index contributed by atoms with van der Waals surface area (Å²) in [4.78, 5) is 18.6. The molecule has 0 spiro atoms. The van der Waals surface area contributed by atoms with Crippen molar-refractivity contribution in [2.75, 3.05) is 0 Å².